The fourth-order valence-electron chi connectivity index (χ4n) is 3.34. The molecule has 1 aromatic rings. The topological polar surface area (TPSA) is 21.3 Å². The monoisotopic (exact) mass is 359 g/mol. The van der Waals surface area contributed by atoms with Crippen LogP contribution < -0.4 is 5.32 Å². The van der Waals surface area contributed by atoms with Crippen LogP contribution in [0.1, 0.15) is 26.3 Å². The van der Waals surface area contributed by atoms with E-state index in [1.807, 2.05) is 13.1 Å². The van der Waals surface area contributed by atoms with Gasteiger partial charge in [0, 0.05) is 21.5 Å². The summed E-state index contributed by atoms with van der Waals surface area (Å²) in [6, 6.07) is 6.49. The molecule has 0 radical (unpaired) electrons. The van der Waals surface area contributed by atoms with E-state index >= 15 is 0 Å². The van der Waals surface area contributed by atoms with Crippen molar-refractivity contribution in [2.24, 2.45) is 11.8 Å². The van der Waals surface area contributed by atoms with Crippen molar-refractivity contribution in [2.75, 3.05) is 7.05 Å². The van der Waals surface area contributed by atoms with Gasteiger partial charge in [-0.15, -0.1) is 0 Å². The Hall–Kier alpha value is -0.0900. The van der Waals surface area contributed by atoms with E-state index in [4.69, 9.17) is 16.3 Å². The normalized spacial score (nSPS) is 31.5. The second kappa shape index (κ2) is 6.78. The van der Waals surface area contributed by atoms with E-state index in [1.54, 1.807) is 0 Å². The lowest BCUT2D eigenvalue weighted by Gasteiger charge is -2.29. The first-order valence-electron chi connectivity index (χ1n) is 7.20. The maximum atomic E-state index is 6.35. The molecule has 4 heteroatoms. The predicted molar refractivity (Wildman–Crippen MR) is 88.4 cm³/mol. The molecule has 112 valence electrons. The SMILES string of the molecule is CNC(Cc1ccc(Br)cc1Cl)C1C(C)OC(C)C1C. The summed E-state index contributed by atoms with van der Waals surface area (Å²) in [6.45, 7) is 6.63. The molecule has 0 spiro atoms. The van der Waals surface area contributed by atoms with Crippen LogP contribution in [0, 0.1) is 11.8 Å². The molecule has 1 saturated heterocycles. The maximum absolute atomic E-state index is 6.35. The number of likely N-dealkylation sites (N-methyl/N-ethyl adjacent to an activating group) is 1. The molecule has 0 aromatic heterocycles. The van der Waals surface area contributed by atoms with Crippen LogP contribution in [-0.2, 0) is 11.2 Å². The molecule has 5 unspecified atom stereocenters. The number of ether oxygens (including phenoxy) is 1. The Kier molecular flexibility index (Phi) is 5.52. The smallest absolute Gasteiger partial charge is 0.0597 e. The number of hydrogen-bond donors (Lipinski definition) is 1. The van der Waals surface area contributed by atoms with Gasteiger partial charge < -0.3 is 10.1 Å². The van der Waals surface area contributed by atoms with E-state index in [0.717, 1.165) is 15.9 Å². The van der Waals surface area contributed by atoms with Gasteiger partial charge >= 0.3 is 0 Å². The van der Waals surface area contributed by atoms with Gasteiger partial charge in [-0.25, -0.2) is 0 Å². The molecule has 0 saturated carbocycles. The minimum Gasteiger partial charge on any atom is -0.375 e. The number of hydrogen-bond acceptors (Lipinski definition) is 2. The van der Waals surface area contributed by atoms with E-state index in [9.17, 15) is 0 Å². The highest BCUT2D eigenvalue weighted by atomic mass is 79.9. The van der Waals surface area contributed by atoms with Crippen LogP contribution in [0.4, 0.5) is 0 Å². The quantitative estimate of drug-likeness (QED) is 0.864. The predicted octanol–water partition coefficient (Wildman–Crippen LogP) is 4.29. The average molecular weight is 361 g/mol. The molecular weight excluding hydrogens is 338 g/mol. The fraction of sp³-hybridized carbons (Fsp3) is 0.625. The zero-order valence-electron chi connectivity index (χ0n) is 12.5. The van der Waals surface area contributed by atoms with Gasteiger partial charge in [-0.3, -0.25) is 0 Å². The summed E-state index contributed by atoms with van der Waals surface area (Å²) in [5.74, 6) is 1.06. The number of halogens is 2. The Morgan fingerprint density at radius 2 is 2.00 bits per heavy atom. The molecule has 2 nitrogen and oxygen atoms in total. The fourth-order valence-corrected chi connectivity index (χ4v) is 4.09. The van der Waals surface area contributed by atoms with Crippen molar-refractivity contribution in [2.45, 2.75) is 45.4 Å². The second-order valence-electron chi connectivity index (χ2n) is 5.82. The van der Waals surface area contributed by atoms with Crippen molar-refractivity contribution >= 4 is 27.5 Å². The van der Waals surface area contributed by atoms with Crippen LogP contribution in [0.5, 0.6) is 0 Å². The highest BCUT2D eigenvalue weighted by Gasteiger charge is 2.41. The number of benzene rings is 1. The Labute approximate surface area is 135 Å². The minimum atomic E-state index is 0.284. The third-order valence-electron chi connectivity index (χ3n) is 4.61. The summed E-state index contributed by atoms with van der Waals surface area (Å²) in [6.07, 6.45) is 1.54. The lowest BCUT2D eigenvalue weighted by molar-refractivity contribution is 0.0479. The Morgan fingerprint density at radius 1 is 1.30 bits per heavy atom. The van der Waals surface area contributed by atoms with E-state index in [-0.39, 0.29) is 6.10 Å². The molecule has 0 amide bonds. The van der Waals surface area contributed by atoms with Gasteiger partial charge in [0.1, 0.15) is 0 Å². The third kappa shape index (κ3) is 3.38. The van der Waals surface area contributed by atoms with Crippen LogP contribution >= 0.6 is 27.5 Å². The molecule has 5 atom stereocenters. The number of rotatable bonds is 4. The van der Waals surface area contributed by atoms with Crippen LogP contribution in [0.25, 0.3) is 0 Å². The van der Waals surface area contributed by atoms with Gasteiger partial charge in [0.25, 0.3) is 0 Å². The van der Waals surface area contributed by atoms with Gasteiger partial charge in [0.15, 0.2) is 0 Å². The van der Waals surface area contributed by atoms with E-state index in [1.165, 1.54) is 5.56 Å². The summed E-state index contributed by atoms with van der Waals surface area (Å²) in [4.78, 5) is 0. The van der Waals surface area contributed by atoms with Gasteiger partial charge in [-0.05, 0) is 50.9 Å². The van der Waals surface area contributed by atoms with Crippen LogP contribution in [0.15, 0.2) is 22.7 Å². The van der Waals surface area contributed by atoms with Crippen molar-refractivity contribution in [3.05, 3.63) is 33.3 Å². The molecule has 1 heterocycles. The molecule has 1 aliphatic rings. The molecule has 1 N–H and O–H groups in total. The first-order valence-corrected chi connectivity index (χ1v) is 8.37. The molecule has 20 heavy (non-hydrogen) atoms. The van der Waals surface area contributed by atoms with Crippen LogP contribution in [-0.4, -0.2) is 25.3 Å². The highest BCUT2D eigenvalue weighted by molar-refractivity contribution is 9.10. The van der Waals surface area contributed by atoms with E-state index < -0.39 is 0 Å². The van der Waals surface area contributed by atoms with Crippen molar-refractivity contribution in [3.8, 4) is 0 Å². The number of nitrogens with one attached hydrogen (secondary N) is 1. The van der Waals surface area contributed by atoms with Gasteiger partial charge in [-0.1, -0.05) is 40.5 Å². The lowest BCUT2D eigenvalue weighted by atomic mass is 9.81. The van der Waals surface area contributed by atoms with Crippen LogP contribution in [0.3, 0.4) is 0 Å². The van der Waals surface area contributed by atoms with E-state index in [2.05, 4.69) is 54.2 Å². The zero-order valence-corrected chi connectivity index (χ0v) is 14.8. The van der Waals surface area contributed by atoms with Crippen LogP contribution in [0.2, 0.25) is 5.02 Å². The summed E-state index contributed by atoms with van der Waals surface area (Å²) in [7, 11) is 2.03. The molecule has 1 aliphatic heterocycles. The first kappa shape index (κ1) is 16.3. The molecular formula is C16H23BrClNO. The van der Waals surface area contributed by atoms with Crippen molar-refractivity contribution in [1.29, 1.82) is 0 Å². The largest absolute Gasteiger partial charge is 0.375 e. The molecule has 1 aromatic carbocycles. The van der Waals surface area contributed by atoms with Crippen molar-refractivity contribution in [1.82, 2.24) is 5.32 Å². The Morgan fingerprint density at radius 3 is 2.50 bits per heavy atom. The highest BCUT2D eigenvalue weighted by Crippen LogP contribution is 2.36. The molecule has 0 bridgehead atoms. The molecule has 1 fully saturated rings. The second-order valence-corrected chi connectivity index (χ2v) is 7.14. The van der Waals surface area contributed by atoms with Crippen molar-refractivity contribution in [3.63, 3.8) is 0 Å². The van der Waals surface area contributed by atoms with Gasteiger partial charge in [0.2, 0.25) is 0 Å². The molecule has 0 aliphatic carbocycles. The standard InChI is InChI=1S/C16H23BrClNO/c1-9-10(2)20-11(3)16(9)15(19-4)7-12-5-6-13(17)8-14(12)18/h5-6,8-11,15-16,19H,7H2,1-4H3. The summed E-state index contributed by atoms with van der Waals surface area (Å²) >= 11 is 9.80. The zero-order chi connectivity index (χ0) is 14.9. The minimum absolute atomic E-state index is 0.284. The van der Waals surface area contributed by atoms with E-state index in [0.29, 0.717) is 24.0 Å². The van der Waals surface area contributed by atoms with Crippen molar-refractivity contribution < 1.29 is 4.74 Å². The molecule has 2 rings (SSSR count). The first-order chi connectivity index (χ1) is 9.43. The Bertz CT molecular complexity index is 468. The average Bonchev–Trinajstić information content (AvgIpc) is 2.63. The summed E-state index contributed by atoms with van der Waals surface area (Å²) in [5.41, 5.74) is 1.19. The Balaban J connectivity index is 2.16. The maximum Gasteiger partial charge on any atom is 0.0597 e. The third-order valence-corrected chi connectivity index (χ3v) is 5.45. The van der Waals surface area contributed by atoms with Gasteiger partial charge in [-0.2, -0.15) is 0 Å². The lowest BCUT2D eigenvalue weighted by Crippen LogP contribution is -2.41. The summed E-state index contributed by atoms with van der Waals surface area (Å²) < 4.78 is 7.00. The van der Waals surface area contributed by atoms with Gasteiger partial charge in [0.05, 0.1) is 12.2 Å². The summed E-state index contributed by atoms with van der Waals surface area (Å²) in [5, 5.41) is 4.29.